The number of phenols is 1. The highest BCUT2D eigenvalue weighted by molar-refractivity contribution is 5.50. The maximum absolute atomic E-state index is 9.94. The summed E-state index contributed by atoms with van der Waals surface area (Å²) in [5.74, 6) is 2.28. The Balaban J connectivity index is 1.35. The van der Waals surface area contributed by atoms with E-state index in [0.717, 1.165) is 30.2 Å². The van der Waals surface area contributed by atoms with Crippen LogP contribution >= 0.6 is 0 Å². The van der Waals surface area contributed by atoms with E-state index in [1.807, 2.05) is 12.1 Å². The van der Waals surface area contributed by atoms with Crippen LogP contribution in [0.1, 0.15) is 47.8 Å². The van der Waals surface area contributed by atoms with E-state index < -0.39 is 0 Å². The van der Waals surface area contributed by atoms with Crippen LogP contribution in [0, 0.1) is 0 Å². The molecule has 0 aliphatic carbocycles. The quantitative estimate of drug-likeness (QED) is 0.557. The molecule has 2 aliphatic heterocycles. The van der Waals surface area contributed by atoms with Gasteiger partial charge in [0.1, 0.15) is 23.9 Å². The van der Waals surface area contributed by atoms with Crippen molar-refractivity contribution in [1.82, 2.24) is 4.90 Å². The minimum atomic E-state index is 0.157. The fourth-order valence-corrected chi connectivity index (χ4v) is 5.05. The van der Waals surface area contributed by atoms with Gasteiger partial charge in [0, 0.05) is 30.0 Å². The van der Waals surface area contributed by atoms with Gasteiger partial charge in [-0.3, -0.25) is 4.90 Å². The summed E-state index contributed by atoms with van der Waals surface area (Å²) >= 11 is 0. The van der Waals surface area contributed by atoms with Crippen molar-refractivity contribution in [3.63, 3.8) is 0 Å². The Kier molecular flexibility index (Phi) is 6.31. The number of piperidine rings is 1. The highest BCUT2D eigenvalue weighted by Crippen LogP contribution is 2.47. The van der Waals surface area contributed by atoms with Crippen LogP contribution in [0.25, 0.3) is 0 Å². The Morgan fingerprint density at radius 3 is 2.44 bits per heavy atom. The molecular formula is C28H31NO3. The molecule has 4 heteroatoms. The van der Waals surface area contributed by atoms with E-state index in [1.165, 1.54) is 43.5 Å². The Bertz CT molecular complexity index is 1010. The van der Waals surface area contributed by atoms with E-state index in [1.54, 1.807) is 12.1 Å². The molecule has 0 spiro atoms. The van der Waals surface area contributed by atoms with Crippen LogP contribution in [0.15, 0.2) is 72.8 Å². The number of phenolic OH excluding ortho intramolecular Hbond substituents is 1. The van der Waals surface area contributed by atoms with Crippen LogP contribution in [0.4, 0.5) is 0 Å². The Labute approximate surface area is 190 Å². The van der Waals surface area contributed by atoms with Gasteiger partial charge in [-0.25, -0.2) is 0 Å². The number of hydrogen-bond donors (Lipinski definition) is 1. The topological polar surface area (TPSA) is 41.9 Å². The molecule has 0 radical (unpaired) electrons. The van der Waals surface area contributed by atoms with Crippen molar-refractivity contribution in [2.24, 2.45) is 0 Å². The van der Waals surface area contributed by atoms with Gasteiger partial charge in [-0.2, -0.15) is 0 Å². The molecular weight excluding hydrogens is 398 g/mol. The Hall–Kier alpha value is -2.98. The lowest BCUT2D eigenvalue weighted by Gasteiger charge is -2.34. The molecule has 1 saturated heterocycles. The maximum Gasteiger partial charge on any atom is 0.126 e. The summed E-state index contributed by atoms with van der Waals surface area (Å²) in [4.78, 5) is 2.50. The van der Waals surface area contributed by atoms with Crippen LogP contribution < -0.4 is 9.47 Å². The Morgan fingerprint density at radius 1 is 0.875 bits per heavy atom. The molecule has 1 fully saturated rings. The molecule has 2 aliphatic rings. The number of nitrogens with zero attached hydrogens (tertiary/aromatic N) is 1. The summed E-state index contributed by atoms with van der Waals surface area (Å²) in [6, 6.07) is 24.6. The molecule has 32 heavy (non-hydrogen) atoms. The first-order valence-electron chi connectivity index (χ1n) is 11.7. The predicted octanol–water partition coefficient (Wildman–Crippen LogP) is 5.57. The lowest BCUT2D eigenvalue weighted by Crippen LogP contribution is -2.33. The number of rotatable bonds is 6. The van der Waals surface area contributed by atoms with Crippen LogP contribution in [-0.4, -0.2) is 42.9 Å². The standard InChI is InChI=1S/C28H31NO3/c30-23-11-14-25-27(19-23)32-20-26(21-7-3-1-4-8-21)28(25)22-9-12-24(13-10-22)31-18-17-29-15-5-2-6-16-29/h1,3-4,7-14,19,26,28,30H,2,5-6,15-18,20H2/t26-,28+/m0/s1. The second-order valence-corrected chi connectivity index (χ2v) is 8.85. The fraction of sp³-hybridized carbons (Fsp3) is 0.357. The molecule has 0 saturated carbocycles. The van der Waals surface area contributed by atoms with Crippen molar-refractivity contribution in [3.8, 4) is 17.2 Å². The van der Waals surface area contributed by atoms with Gasteiger partial charge in [-0.05, 0) is 55.3 Å². The average Bonchev–Trinajstić information content (AvgIpc) is 2.85. The van der Waals surface area contributed by atoms with E-state index in [9.17, 15) is 5.11 Å². The van der Waals surface area contributed by atoms with Crippen molar-refractivity contribution in [2.75, 3.05) is 32.8 Å². The van der Waals surface area contributed by atoms with Gasteiger partial charge >= 0.3 is 0 Å². The van der Waals surface area contributed by atoms with Crippen molar-refractivity contribution in [3.05, 3.63) is 89.5 Å². The molecule has 166 valence electrons. The van der Waals surface area contributed by atoms with Gasteiger partial charge in [0.25, 0.3) is 0 Å². The summed E-state index contributed by atoms with van der Waals surface area (Å²) in [6.07, 6.45) is 3.97. The molecule has 0 bridgehead atoms. The highest BCUT2D eigenvalue weighted by Gasteiger charge is 2.33. The second kappa shape index (κ2) is 9.66. The number of likely N-dealkylation sites (tertiary alicyclic amines) is 1. The molecule has 0 aromatic heterocycles. The number of hydrogen-bond acceptors (Lipinski definition) is 4. The number of fused-ring (bicyclic) bond motifs is 1. The van der Waals surface area contributed by atoms with E-state index in [0.29, 0.717) is 6.61 Å². The fourth-order valence-electron chi connectivity index (χ4n) is 5.05. The first-order valence-corrected chi connectivity index (χ1v) is 11.7. The zero-order chi connectivity index (χ0) is 21.8. The van der Waals surface area contributed by atoms with E-state index >= 15 is 0 Å². The first kappa shape index (κ1) is 20.9. The van der Waals surface area contributed by atoms with Crippen LogP contribution in [0.5, 0.6) is 17.2 Å². The Morgan fingerprint density at radius 2 is 1.66 bits per heavy atom. The lowest BCUT2D eigenvalue weighted by atomic mass is 9.76. The van der Waals surface area contributed by atoms with Gasteiger partial charge in [-0.15, -0.1) is 0 Å². The number of aromatic hydroxyl groups is 1. The van der Waals surface area contributed by atoms with Crippen molar-refractivity contribution in [2.45, 2.75) is 31.1 Å². The smallest absolute Gasteiger partial charge is 0.126 e. The predicted molar refractivity (Wildman–Crippen MR) is 127 cm³/mol. The van der Waals surface area contributed by atoms with Gasteiger partial charge < -0.3 is 14.6 Å². The van der Waals surface area contributed by atoms with E-state index in [4.69, 9.17) is 9.47 Å². The van der Waals surface area contributed by atoms with Gasteiger partial charge in [0.05, 0.1) is 6.61 Å². The van der Waals surface area contributed by atoms with Crippen LogP contribution in [0.2, 0.25) is 0 Å². The zero-order valence-corrected chi connectivity index (χ0v) is 18.5. The minimum absolute atomic E-state index is 0.157. The third kappa shape index (κ3) is 4.61. The summed E-state index contributed by atoms with van der Waals surface area (Å²) in [6.45, 7) is 4.70. The lowest BCUT2D eigenvalue weighted by molar-refractivity contribution is 0.183. The second-order valence-electron chi connectivity index (χ2n) is 8.85. The van der Waals surface area contributed by atoms with E-state index in [-0.39, 0.29) is 17.6 Å². The van der Waals surface area contributed by atoms with Crippen LogP contribution in [0.3, 0.4) is 0 Å². The molecule has 3 aromatic rings. The number of ether oxygens (including phenoxy) is 2. The SMILES string of the molecule is Oc1ccc2c(c1)OC[C@@H](c1ccccc1)[C@@H]2c1ccc(OCCN2CCCCC2)cc1. The third-order valence-corrected chi connectivity index (χ3v) is 6.74. The molecule has 5 rings (SSSR count). The normalized spacial score (nSPS) is 20.9. The average molecular weight is 430 g/mol. The monoisotopic (exact) mass is 429 g/mol. The van der Waals surface area contributed by atoms with Gasteiger partial charge in [0.15, 0.2) is 0 Å². The molecule has 1 N–H and O–H groups in total. The molecule has 2 heterocycles. The van der Waals surface area contributed by atoms with Gasteiger partial charge in [0.2, 0.25) is 0 Å². The van der Waals surface area contributed by atoms with Gasteiger partial charge in [-0.1, -0.05) is 55.0 Å². The van der Waals surface area contributed by atoms with E-state index in [2.05, 4.69) is 53.4 Å². The summed E-state index contributed by atoms with van der Waals surface area (Å²) < 4.78 is 12.1. The molecule has 4 nitrogen and oxygen atoms in total. The largest absolute Gasteiger partial charge is 0.508 e. The van der Waals surface area contributed by atoms with Crippen molar-refractivity contribution >= 4 is 0 Å². The zero-order valence-electron chi connectivity index (χ0n) is 18.5. The van der Waals surface area contributed by atoms with Crippen LogP contribution in [-0.2, 0) is 0 Å². The summed E-state index contributed by atoms with van der Waals surface area (Å²) in [7, 11) is 0. The maximum atomic E-state index is 9.94. The van der Waals surface area contributed by atoms with Crippen molar-refractivity contribution < 1.29 is 14.6 Å². The summed E-state index contributed by atoms with van der Waals surface area (Å²) in [5, 5.41) is 9.94. The third-order valence-electron chi connectivity index (χ3n) is 6.74. The molecule has 0 amide bonds. The first-order chi connectivity index (χ1) is 15.8. The number of benzene rings is 3. The minimum Gasteiger partial charge on any atom is -0.508 e. The summed E-state index contributed by atoms with van der Waals surface area (Å²) in [5.41, 5.74) is 3.61. The molecule has 0 unspecified atom stereocenters. The molecule has 3 aromatic carbocycles. The highest BCUT2D eigenvalue weighted by atomic mass is 16.5. The van der Waals surface area contributed by atoms with Crippen molar-refractivity contribution in [1.29, 1.82) is 0 Å². The molecule has 2 atom stereocenters.